The number of nitrogens with one attached hydrogen (secondary N) is 1. The second kappa shape index (κ2) is 6.79. The van der Waals surface area contributed by atoms with E-state index in [1.165, 1.54) is 0 Å². The van der Waals surface area contributed by atoms with Crippen LogP contribution in [0.2, 0.25) is 0 Å². The van der Waals surface area contributed by atoms with E-state index in [1.807, 2.05) is 54.0 Å². The lowest BCUT2D eigenvalue weighted by Gasteiger charge is -2.09. The highest BCUT2D eigenvalue weighted by Crippen LogP contribution is 2.26. The highest BCUT2D eigenvalue weighted by molar-refractivity contribution is 7.92. The molecule has 3 heterocycles. The summed E-state index contributed by atoms with van der Waals surface area (Å²) in [5.74, 6) is 0. The second-order valence-electron chi connectivity index (χ2n) is 6.59. The maximum absolute atomic E-state index is 13.0. The summed E-state index contributed by atoms with van der Waals surface area (Å²) in [4.78, 5) is 4.82. The Morgan fingerprint density at radius 3 is 2.64 bits per heavy atom. The van der Waals surface area contributed by atoms with Gasteiger partial charge in [-0.05, 0) is 45.0 Å². The number of nitrogens with zero attached hydrogens (tertiary/aromatic N) is 4. The summed E-state index contributed by atoms with van der Waals surface area (Å²) in [6.07, 6.45) is 3.85. The molecular formula is C20H21N5O2S. The van der Waals surface area contributed by atoms with Crippen molar-refractivity contribution in [3.05, 3.63) is 66.2 Å². The molecule has 7 nitrogen and oxygen atoms in total. The molecule has 4 aromatic rings. The van der Waals surface area contributed by atoms with E-state index in [9.17, 15) is 8.42 Å². The minimum Gasteiger partial charge on any atom is -0.306 e. The number of anilines is 1. The molecule has 0 spiro atoms. The third-order valence-corrected chi connectivity index (χ3v) is 6.29. The van der Waals surface area contributed by atoms with Gasteiger partial charge in [-0.25, -0.2) is 13.4 Å². The van der Waals surface area contributed by atoms with E-state index in [-0.39, 0.29) is 4.90 Å². The SMILES string of the molecule is CCn1nc(C)c(S(=O)(=O)Nc2cccc(-c3cn4ccccc4n3)c2)c1C. The van der Waals surface area contributed by atoms with Gasteiger partial charge in [0.25, 0.3) is 10.0 Å². The minimum atomic E-state index is -3.75. The quantitative estimate of drug-likeness (QED) is 0.559. The Balaban J connectivity index is 1.69. The molecule has 1 aromatic carbocycles. The molecule has 8 heteroatoms. The lowest BCUT2D eigenvalue weighted by molar-refractivity contribution is 0.598. The Bertz CT molecular complexity index is 1240. The number of pyridine rings is 1. The van der Waals surface area contributed by atoms with Crippen LogP contribution >= 0.6 is 0 Å². The van der Waals surface area contributed by atoms with E-state index in [0.29, 0.717) is 23.6 Å². The van der Waals surface area contributed by atoms with E-state index in [0.717, 1.165) is 16.9 Å². The fourth-order valence-electron chi connectivity index (χ4n) is 3.40. The van der Waals surface area contributed by atoms with Crippen LogP contribution < -0.4 is 4.72 Å². The lowest BCUT2D eigenvalue weighted by atomic mass is 10.1. The van der Waals surface area contributed by atoms with Crippen molar-refractivity contribution in [1.29, 1.82) is 0 Å². The van der Waals surface area contributed by atoms with Crippen molar-refractivity contribution in [3.63, 3.8) is 0 Å². The Kier molecular flexibility index (Phi) is 4.43. The molecule has 0 fully saturated rings. The third-order valence-electron chi connectivity index (χ3n) is 4.66. The molecule has 0 aliphatic carbocycles. The number of aromatic nitrogens is 4. The van der Waals surface area contributed by atoms with Crippen LogP contribution in [0.1, 0.15) is 18.3 Å². The fourth-order valence-corrected chi connectivity index (χ4v) is 4.86. The van der Waals surface area contributed by atoms with Crippen molar-refractivity contribution in [2.24, 2.45) is 0 Å². The molecule has 0 saturated heterocycles. The van der Waals surface area contributed by atoms with Crippen LogP contribution in [0.3, 0.4) is 0 Å². The van der Waals surface area contributed by atoms with Gasteiger partial charge in [0.1, 0.15) is 10.5 Å². The zero-order chi connectivity index (χ0) is 19.9. The summed E-state index contributed by atoms with van der Waals surface area (Å²) in [7, 11) is -3.75. The Morgan fingerprint density at radius 2 is 1.93 bits per heavy atom. The first-order chi connectivity index (χ1) is 13.4. The summed E-state index contributed by atoms with van der Waals surface area (Å²) in [5, 5.41) is 4.31. The van der Waals surface area contributed by atoms with Crippen LogP contribution in [-0.2, 0) is 16.6 Å². The van der Waals surface area contributed by atoms with Gasteiger partial charge >= 0.3 is 0 Å². The van der Waals surface area contributed by atoms with Gasteiger partial charge in [0.15, 0.2) is 0 Å². The number of hydrogen-bond acceptors (Lipinski definition) is 4. The van der Waals surface area contributed by atoms with Gasteiger partial charge < -0.3 is 4.40 Å². The third kappa shape index (κ3) is 3.16. The molecule has 0 unspecified atom stereocenters. The largest absolute Gasteiger partial charge is 0.306 e. The molecule has 0 aliphatic heterocycles. The number of benzene rings is 1. The standard InChI is InChI=1S/C20H21N5O2S/c1-4-25-15(3)20(14(2)22-25)28(26,27)23-17-9-7-8-16(12-17)18-13-24-11-6-5-10-19(24)21-18/h5-13,23H,4H2,1-3H3. The molecule has 0 radical (unpaired) electrons. The maximum Gasteiger partial charge on any atom is 0.265 e. The van der Waals surface area contributed by atoms with E-state index in [2.05, 4.69) is 14.8 Å². The first-order valence-electron chi connectivity index (χ1n) is 9.00. The summed E-state index contributed by atoms with van der Waals surface area (Å²) in [6, 6.07) is 13.0. The van der Waals surface area contributed by atoms with Crippen molar-refractivity contribution < 1.29 is 8.42 Å². The Morgan fingerprint density at radius 1 is 1.11 bits per heavy atom. The zero-order valence-corrected chi connectivity index (χ0v) is 16.7. The van der Waals surface area contributed by atoms with Gasteiger partial charge in [-0.15, -0.1) is 0 Å². The van der Waals surface area contributed by atoms with Crippen LogP contribution in [-0.4, -0.2) is 27.6 Å². The number of rotatable bonds is 5. The van der Waals surface area contributed by atoms with Crippen molar-refractivity contribution in [2.45, 2.75) is 32.2 Å². The molecule has 3 aromatic heterocycles. The molecule has 144 valence electrons. The Hall–Kier alpha value is -3.13. The maximum atomic E-state index is 13.0. The number of hydrogen-bond donors (Lipinski definition) is 1. The average Bonchev–Trinajstić information content (AvgIpc) is 3.22. The molecule has 4 rings (SSSR count). The highest BCUT2D eigenvalue weighted by atomic mass is 32.2. The molecule has 0 bridgehead atoms. The van der Waals surface area contributed by atoms with Crippen LogP contribution in [0.25, 0.3) is 16.9 Å². The monoisotopic (exact) mass is 395 g/mol. The highest BCUT2D eigenvalue weighted by Gasteiger charge is 2.24. The average molecular weight is 395 g/mol. The van der Waals surface area contributed by atoms with Crippen molar-refractivity contribution in [1.82, 2.24) is 19.2 Å². The van der Waals surface area contributed by atoms with Crippen molar-refractivity contribution >= 4 is 21.4 Å². The van der Waals surface area contributed by atoms with Gasteiger partial charge in [0.05, 0.1) is 17.1 Å². The lowest BCUT2D eigenvalue weighted by Crippen LogP contribution is -2.15. The van der Waals surface area contributed by atoms with Gasteiger partial charge in [0.2, 0.25) is 0 Å². The van der Waals surface area contributed by atoms with E-state index >= 15 is 0 Å². The zero-order valence-electron chi connectivity index (χ0n) is 15.9. The molecule has 0 amide bonds. The number of fused-ring (bicyclic) bond motifs is 1. The molecule has 0 aliphatic rings. The van der Waals surface area contributed by atoms with Crippen LogP contribution in [0, 0.1) is 13.8 Å². The summed E-state index contributed by atoms with van der Waals surface area (Å²) in [5.41, 5.74) is 4.05. The number of aryl methyl sites for hydroxylation is 2. The van der Waals surface area contributed by atoms with Crippen LogP contribution in [0.5, 0.6) is 0 Å². The summed E-state index contributed by atoms with van der Waals surface area (Å²) < 4.78 is 32.3. The number of sulfonamides is 1. The molecule has 28 heavy (non-hydrogen) atoms. The fraction of sp³-hybridized carbons (Fsp3) is 0.200. The van der Waals surface area contributed by atoms with E-state index in [4.69, 9.17) is 0 Å². The van der Waals surface area contributed by atoms with Crippen molar-refractivity contribution in [3.8, 4) is 11.3 Å². The second-order valence-corrected chi connectivity index (χ2v) is 8.21. The molecule has 0 saturated carbocycles. The van der Waals surface area contributed by atoms with Gasteiger partial charge in [-0.1, -0.05) is 18.2 Å². The predicted octanol–water partition coefficient (Wildman–Crippen LogP) is 3.64. The van der Waals surface area contributed by atoms with Crippen molar-refractivity contribution in [2.75, 3.05) is 4.72 Å². The first kappa shape index (κ1) is 18.2. The molecule has 1 N–H and O–H groups in total. The van der Waals surface area contributed by atoms with Gasteiger partial charge in [-0.2, -0.15) is 5.10 Å². The molecule has 0 atom stereocenters. The normalized spacial score (nSPS) is 11.8. The Labute approximate surface area is 163 Å². The predicted molar refractivity (Wildman–Crippen MR) is 109 cm³/mol. The van der Waals surface area contributed by atoms with E-state index < -0.39 is 10.0 Å². The number of imidazole rings is 1. The van der Waals surface area contributed by atoms with Crippen LogP contribution in [0.4, 0.5) is 5.69 Å². The smallest absolute Gasteiger partial charge is 0.265 e. The van der Waals surface area contributed by atoms with Gasteiger partial charge in [-0.3, -0.25) is 9.40 Å². The minimum absolute atomic E-state index is 0.229. The van der Waals surface area contributed by atoms with E-state index in [1.54, 1.807) is 30.7 Å². The van der Waals surface area contributed by atoms with Gasteiger partial charge in [0, 0.05) is 30.2 Å². The summed E-state index contributed by atoms with van der Waals surface area (Å²) >= 11 is 0. The van der Waals surface area contributed by atoms with Crippen LogP contribution in [0.15, 0.2) is 59.8 Å². The topological polar surface area (TPSA) is 81.3 Å². The summed E-state index contributed by atoms with van der Waals surface area (Å²) in [6.45, 7) is 6.03. The first-order valence-corrected chi connectivity index (χ1v) is 10.5. The molecular weight excluding hydrogens is 374 g/mol.